The standard InChI is InChI=1S/C21H25BrN4O/c1-13-9-10-14(17(11-13)27-5)12-23-19-20(26-21(2,3)4)25-18-15(22)7-6-8-16(18)24-19/h6-11H,12H2,1-5H3,(H,23,24)(H,25,26). The van der Waals surface area contributed by atoms with E-state index in [4.69, 9.17) is 14.7 Å². The summed E-state index contributed by atoms with van der Waals surface area (Å²) in [6, 6.07) is 12.1. The first-order valence-corrected chi connectivity index (χ1v) is 9.68. The maximum atomic E-state index is 5.51. The van der Waals surface area contributed by atoms with Crippen LogP contribution in [0.25, 0.3) is 11.0 Å². The van der Waals surface area contributed by atoms with Crippen LogP contribution in [0.4, 0.5) is 11.6 Å². The van der Waals surface area contributed by atoms with Gasteiger partial charge in [0.15, 0.2) is 11.6 Å². The number of nitrogens with one attached hydrogen (secondary N) is 2. The monoisotopic (exact) mass is 428 g/mol. The molecule has 0 aliphatic heterocycles. The minimum atomic E-state index is -0.137. The van der Waals surface area contributed by atoms with Gasteiger partial charge in [0, 0.05) is 22.1 Å². The first-order valence-electron chi connectivity index (χ1n) is 8.88. The molecule has 142 valence electrons. The van der Waals surface area contributed by atoms with Crippen LogP contribution in [-0.4, -0.2) is 22.6 Å². The number of aromatic nitrogens is 2. The van der Waals surface area contributed by atoms with Gasteiger partial charge in [0.1, 0.15) is 11.3 Å². The quantitative estimate of drug-likeness (QED) is 0.559. The highest BCUT2D eigenvalue weighted by atomic mass is 79.9. The van der Waals surface area contributed by atoms with Crippen LogP contribution in [0.15, 0.2) is 40.9 Å². The van der Waals surface area contributed by atoms with Crippen molar-refractivity contribution in [1.29, 1.82) is 0 Å². The van der Waals surface area contributed by atoms with Crippen molar-refractivity contribution in [2.75, 3.05) is 17.7 Å². The van der Waals surface area contributed by atoms with E-state index in [9.17, 15) is 0 Å². The van der Waals surface area contributed by atoms with E-state index < -0.39 is 0 Å². The molecule has 1 aromatic heterocycles. The van der Waals surface area contributed by atoms with Crippen molar-refractivity contribution >= 4 is 38.6 Å². The molecule has 0 aliphatic rings. The van der Waals surface area contributed by atoms with Gasteiger partial charge in [-0.1, -0.05) is 18.2 Å². The summed E-state index contributed by atoms with van der Waals surface area (Å²) in [6.07, 6.45) is 0. The molecule has 5 nitrogen and oxygen atoms in total. The van der Waals surface area contributed by atoms with E-state index in [1.54, 1.807) is 7.11 Å². The Morgan fingerprint density at radius 3 is 2.56 bits per heavy atom. The average Bonchev–Trinajstić information content (AvgIpc) is 2.60. The molecule has 3 rings (SSSR count). The molecule has 2 N–H and O–H groups in total. The largest absolute Gasteiger partial charge is 0.496 e. The number of anilines is 2. The highest BCUT2D eigenvalue weighted by Crippen LogP contribution is 2.29. The van der Waals surface area contributed by atoms with Crippen LogP contribution < -0.4 is 15.4 Å². The Morgan fingerprint density at radius 2 is 1.85 bits per heavy atom. The third-order valence-corrected chi connectivity index (χ3v) is 4.67. The van der Waals surface area contributed by atoms with Crippen molar-refractivity contribution in [3.05, 3.63) is 52.0 Å². The predicted octanol–water partition coefficient (Wildman–Crippen LogP) is 5.53. The summed E-state index contributed by atoms with van der Waals surface area (Å²) in [5.74, 6) is 2.32. The van der Waals surface area contributed by atoms with Crippen molar-refractivity contribution in [1.82, 2.24) is 9.97 Å². The Labute approximate surface area is 168 Å². The normalized spacial score (nSPS) is 11.5. The van der Waals surface area contributed by atoms with Crippen molar-refractivity contribution in [3.63, 3.8) is 0 Å². The molecule has 0 saturated carbocycles. The smallest absolute Gasteiger partial charge is 0.170 e. The van der Waals surface area contributed by atoms with Crippen LogP contribution in [0, 0.1) is 6.92 Å². The first-order chi connectivity index (χ1) is 12.8. The lowest BCUT2D eigenvalue weighted by Gasteiger charge is -2.23. The van der Waals surface area contributed by atoms with Gasteiger partial charge in [0.25, 0.3) is 0 Å². The highest BCUT2D eigenvalue weighted by molar-refractivity contribution is 9.10. The molecule has 0 fully saturated rings. The summed E-state index contributed by atoms with van der Waals surface area (Å²) in [7, 11) is 1.69. The van der Waals surface area contributed by atoms with Crippen LogP contribution in [0.5, 0.6) is 5.75 Å². The Bertz CT molecular complexity index is 966. The lowest BCUT2D eigenvalue weighted by molar-refractivity contribution is 0.410. The number of methoxy groups -OCH3 is 1. The minimum Gasteiger partial charge on any atom is -0.496 e. The molecule has 3 aromatic rings. The summed E-state index contributed by atoms with van der Waals surface area (Å²) in [6.45, 7) is 8.96. The van der Waals surface area contributed by atoms with E-state index in [0.717, 1.165) is 38.5 Å². The molecule has 0 radical (unpaired) electrons. The van der Waals surface area contributed by atoms with Crippen molar-refractivity contribution in [3.8, 4) is 5.75 Å². The molecule has 0 unspecified atom stereocenters. The van der Waals surface area contributed by atoms with Crippen LogP contribution >= 0.6 is 15.9 Å². The number of hydrogen-bond donors (Lipinski definition) is 2. The number of halogens is 1. The SMILES string of the molecule is COc1cc(C)ccc1CNc1nc2cccc(Br)c2nc1NC(C)(C)C. The van der Waals surface area contributed by atoms with E-state index in [-0.39, 0.29) is 5.54 Å². The van der Waals surface area contributed by atoms with Crippen molar-refractivity contribution in [2.45, 2.75) is 39.8 Å². The maximum Gasteiger partial charge on any atom is 0.170 e. The van der Waals surface area contributed by atoms with Crippen LogP contribution in [-0.2, 0) is 6.54 Å². The van der Waals surface area contributed by atoms with Crippen molar-refractivity contribution < 1.29 is 4.74 Å². The van der Waals surface area contributed by atoms with Crippen LogP contribution in [0.3, 0.4) is 0 Å². The van der Waals surface area contributed by atoms with E-state index in [0.29, 0.717) is 6.54 Å². The van der Waals surface area contributed by atoms with Gasteiger partial charge < -0.3 is 15.4 Å². The Morgan fingerprint density at radius 1 is 1.07 bits per heavy atom. The van der Waals surface area contributed by atoms with E-state index in [2.05, 4.69) is 66.4 Å². The van der Waals surface area contributed by atoms with E-state index in [1.165, 1.54) is 5.56 Å². The number of rotatable bonds is 5. The molecular weight excluding hydrogens is 404 g/mol. The zero-order valence-corrected chi connectivity index (χ0v) is 17.9. The fourth-order valence-corrected chi connectivity index (χ4v) is 3.23. The van der Waals surface area contributed by atoms with Gasteiger partial charge in [-0.15, -0.1) is 0 Å². The number of para-hydroxylation sites is 1. The summed E-state index contributed by atoms with van der Waals surface area (Å²) in [4.78, 5) is 9.62. The highest BCUT2D eigenvalue weighted by Gasteiger charge is 2.17. The molecule has 0 atom stereocenters. The number of hydrogen-bond acceptors (Lipinski definition) is 5. The summed E-state index contributed by atoms with van der Waals surface area (Å²) in [5, 5.41) is 6.88. The number of ether oxygens (including phenoxy) is 1. The summed E-state index contributed by atoms with van der Waals surface area (Å²) in [5.41, 5.74) is 3.77. The maximum absolute atomic E-state index is 5.51. The van der Waals surface area contributed by atoms with Crippen LogP contribution in [0.1, 0.15) is 31.9 Å². The van der Waals surface area contributed by atoms with Gasteiger partial charge in [0.05, 0.1) is 12.6 Å². The molecule has 27 heavy (non-hydrogen) atoms. The molecule has 0 saturated heterocycles. The topological polar surface area (TPSA) is 59.1 Å². The molecule has 0 spiro atoms. The third kappa shape index (κ3) is 4.69. The van der Waals surface area contributed by atoms with Gasteiger partial charge >= 0.3 is 0 Å². The second-order valence-corrected chi connectivity index (χ2v) is 8.43. The van der Waals surface area contributed by atoms with Gasteiger partial charge in [-0.25, -0.2) is 9.97 Å². The van der Waals surface area contributed by atoms with Gasteiger partial charge in [0.2, 0.25) is 0 Å². The first kappa shape index (κ1) is 19.4. The Kier molecular flexibility index (Phi) is 5.56. The number of fused-ring (bicyclic) bond motifs is 1. The second kappa shape index (κ2) is 7.72. The molecule has 0 aliphatic carbocycles. The Hall–Kier alpha value is -2.34. The van der Waals surface area contributed by atoms with Gasteiger partial charge in [-0.05, 0) is 67.4 Å². The Balaban J connectivity index is 1.98. The summed E-state index contributed by atoms with van der Waals surface area (Å²) >= 11 is 3.57. The fourth-order valence-electron chi connectivity index (χ4n) is 2.79. The number of benzene rings is 2. The molecule has 6 heteroatoms. The molecular formula is C21H25BrN4O. The zero-order valence-electron chi connectivity index (χ0n) is 16.4. The molecule has 0 amide bonds. The lowest BCUT2D eigenvalue weighted by atomic mass is 10.1. The molecule has 1 heterocycles. The predicted molar refractivity (Wildman–Crippen MR) is 116 cm³/mol. The fraction of sp³-hybridized carbons (Fsp3) is 0.333. The van der Waals surface area contributed by atoms with Gasteiger partial charge in [-0.2, -0.15) is 0 Å². The van der Waals surface area contributed by atoms with Gasteiger partial charge in [-0.3, -0.25) is 0 Å². The number of aryl methyl sites for hydroxylation is 1. The number of nitrogens with zero attached hydrogens (tertiary/aromatic N) is 2. The van der Waals surface area contributed by atoms with E-state index >= 15 is 0 Å². The lowest BCUT2D eigenvalue weighted by Crippen LogP contribution is -2.27. The van der Waals surface area contributed by atoms with Crippen molar-refractivity contribution in [2.24, 2.45) is 0 Å². The molecule has 2 aromatic carbocycles. The summed E-state index contributed by atoms with van der Waals surface area (Å²) < 4.78 is 6.44. The van der Waals surface area contributed by atoms with E-state index in [1.807, 2.05) is 24.3 Å². The average molecular weight is 429 g/mol. The second-order valence-electron chi connectivity index (χ2n) is 7.57. The van der Waals surface area contributed by atoms with Crippen LogP contribution in [0.2, 0.25) is 0 Å². The minimum absolute atomic E-state index is 0.137. The third-order valence-electron chi connectivity index (χ3n) is 4.03. The zero-order chi connectivity index (χ0) is 19.6. The molecule has 0 bridgehead atoms.